The monoisotopic (exact) mass is 300 g/mol. The third kappa shape index (κ3) is 5.61. The highest BCUT2D eigenvalue weighted by Crippen LogP contribution is 2.22. The van der Waals surface area contributed by atoms with Crippen molar-refractivity contribution in [2.75, 3.05) is 13.1 Å². The number of likely N-dealkylation sites (tertiary alicyclic amines) is 1. The molecule has 21 heavy (non-hydrogen) atoms. The van der Waals surface area contributed by atoms with Crippen LogP contribution in [0.4, 0.5) is 4.79 Å². The van der Waals surface area contributed by atoms with Gasteiger partial charge in [-0.05, 0) is 39.5 Å². The van der Waals surface area contributed by atoms with Gasteiger partial charge >= 0.3 is 12.1 Å². The average molecular weight is 300 g/mol. The number of nitrogens with one attached hydrogen (secondary N) is 1. The van der Waals surface area contributed by atoms with Crippen LogP contribution in [0.2, 0.25) is 0 Å². The number of carboxylic acids is 1. The molecule has 0 bridgehead atoms. The summed E-state index contributed by atoms with van der Waals surface area (Å²) in [6, 6.07) is -0.818. The molecule has 2 amide bonds. The topological polar surface area (TPSA) is 95.9 Å². The lowest BCUT2D eigenvalue weighted by Crippen LogP contribution is -2.52. The number of aliphatic carboxylic acids is 1. The number of hydrogen-bond donors (Lipinski definition) is 2. The Kier molecular flexibility index (Phi) is 5.57. The van der Waals surface area contributed by atoms with Crippen LogP contribution >= 0.6 is 0 Å². The fourth-order valence-corrected chi connectivity index (χ4v) is 2.24. The highest BCUT2D eigenvalue weighted by Gasteiger charge is 2.34. The van der Waals surface area contributed by atoms with Crippen molar-refractivity contribution in [1.29, 1.82) is 0 Å². The van der Waals surface area contributed by atoms with E-state index in [4.69, 9.17) is 4.74 Å². The minimum Gasteiger partial charge on any atom is -0.480 e. The van der Waals surface area contributed by atoms with Gasteiger partial charge in [0.15, 0.2) is 0 Å². The molecule has 1 saturated heterocycles. The van der Waals surface area contributed by atoms with Crippen molar-refractivity contribution in [1.82, 2.24) is 10.2 Å². The van der Waals surface area contributed by atoms with Crippen LogP contribution in [0.15, 0.2) is 0 Å². The fourth-order valence-electron chi connectivity index (χ4n) is 2.24. The molecule has 1 aliphatic rings. The summed E-state index contributed by atoms with van der Waals surface area (Å²) >= 11 is 0. The van der Waals surface area contributed by atoms with Gasteiger partial charge in [-0.15, -0.1) is 0 Å². The van der Waals surface area contributed by atoms with Crippen molar-refractivity contribution in [3.63, 3.8) is 0 Å². The highest BCUT2D eigenvalue weighted by atomic mass is 16.6. The third-order valence-corrected chi connectivity index (χ3v) is 3.25. The second-order valence-electron chi connectivity index (χ2n) is 6.43. The van der Waals surface area contributed by atoms with E-state index in [1.807, 2.05) is 6.92 Å². The Hall–Kier alpha value is -1.79. The summed E-state index contributed by atoms with van der Waals surface area (Å²) in [5.74, 6) is -1.14. The molecule has 2 N–H and O–H groups in total. The lowest BCUT2D eigenvalue weighted by atomic mass is 9.92. The number of carbonyl (C=O) groups is 3. The summed E-state index contributed by atoms with van der Waals surface area (Å²) in [7, 11) is 0. The summed E-state index contributed by atoms with van der Waals surface area (Å²) in [6.45, 7) is 7.28. The third-order valence-electron chi connectivity index (χ3n) is 3.25. The standard InChI is InChI=1S/C14H24N2O5/c1-9-5-6-16(10(7-9)12(18)19)11(17)8-15-13(20)21-14(2,3)4/h9-10H,5-8H2,1-4H3,(H,15,20)(H,18,19). The first-order valence-electron chi connectivity index (χ1n) is 7.09. The van der Waals surface area contributed by atoms with E-state index in [9.17, 15) is 19.5 Å². The van der Waals surface area contributed by atoms with E-state index in [0.717, 1.165) is 6.42 Å². The molecule has 120 valence electrons. The van der Waals surface area contributed by atoms with E-state index < -0.39 is 29.6 Å². The quantitative estimate of drug-likeness (QED) is 0.817. The van der Waals surface area contributed by atoms with E-state index in [-0.39, 0.29) is 12.5 Å². The van der Waals surface area contributed by atoms with Crippen molar-refractivity contribution in [2.45, 2.75) is 52.2 Å². The molecule has 0 spiro atoms. The number of piperidine rings is 1. The van der Waals surface area contributed by atoms with Crippen molar-refractivity contribution >= 4 is 18.0 Å². The molecule has 1 heterocycles. The fraction of sp³-hybridized carbons (Fsp3) is 0.786. The summed E-state index contributed by atoms with van der Waals surface area (Å²) in [6.07, 6.45) is 0.517. The first kappa shape index (κ1) is 17.3. The molecule has 7 nitrogen and oxygen atoms in total. The second-order valence-corrected chi connectivity index (χ2v) is 6.43. The van der Waals surface area contributed by atoms with Gasteiger partial charge in [0.25, 0.3) is 0 Å². The maximum absolute atomic E-state index is 12.1. The zero-order valence-electron chi connectivity index (χ0n) is 13.0. The van der Waals surface area contributed by atoms with Crippen LogP contribution in [0.25, 0.3) is 0 Å². The zero-order valence-corrected chi connectivity index (χ0v) is 13.0. The van der Waals surface area contributed by atoms with Crippen LogP contribution in [0.1, 0.15) is 40.5 Å². The van der Waals surface area contributed by atoms with E-state index in [1.54, 1.807) is 20.8 Å². The van der Waals surface area contributed by atoms with E-state index >= 15 is 0 Å². The summed E-state index contributed by atoms with van der Waals surface area (Å²) in [5, 5.41) is 11.6. The van der Waals surface area contributed by atoms with Gasteiger partial charge in [-0.3, -0.25) is 4.79 Å². The van der Waals surface area contributed by atoms with Gasteiger partial charge < -0.3 is 20.1 Å². The van der Waals surface area contributed by atoms with Crippen LogP contribution in [-0.2, 0) is 14.3 Å². The van der Waals surface area contributed by atoms with E-state index in [1.165, 1.54) is 4.90 Å². The predicted octanol–water partition coefficient (Wildman–Crippen LogP) is 1.22. The van der Waals surface area contributed by atoms with Gasteiger partial charge in [0.05, 0.1) is 0 Å². The van der Waals surface area contributed by atoms with Gasteiger partial charge in [-0.25, -0.2) is 9.59 Å². The molecule has 2 unspecified atom stereocenters. The molecule has 0 aromatic rings. The van der Waals surface area contributed by atoms with Gasteiger partial charge in [0.2, 0.25) is 5.91 Å². The Morgan fingerprint density at radius 3 is 2.48 bits per heavy atom. The first-order chi connectivity index (χ1) is 9.60. The summed E-state index contributed by atoms with van der Waals surface area (Å²) in [4.78, 5) is 36.1. The van der Waals surface area contributed by atoms with Crippen LogP contribution in [-0.4, -0.2) is 52.7 Å². The number of nitrogens with zero attached hydrogens (tertiary/aromatic N) is 1. The number of carboxylic acid groups (broad SMARTS) is 1. The van der Waals surface area contributed by atoms with E-state index in [2.05, 4.69) is 5.32 Å². The Balaban J connectivity index is 2.54. The minimum absolute atomic E-state index is 0.257. The van der Waals surface area contributed by atoms with Crippen molar-refractivity contribution in [2.24, 2.45) is 5.92 Å². The number of alkyl carbamates (subject to hydrolysis) is 1. The SMILES string of the molecule is CC1CCN(C(=O)CNC(=O)OC(C)(C)C)C(C(=O)O)C1. The van der Waals surface area contributed by atoms with Crippen LogP contribution in [0.5, 0.6) is 0 Å². The predicted molar refractivity (Wildman–Crippen MR) is 75.8 cm³/mol. The summed E-state index contributed by atoms with van der Waals surface area (Å²) in [5.41, 5.74) is -0.642. The van der Waals surface area contributed by atoms with Crippen molar-refractivity contribution < 1.29 is 24.2 Å². The highest BCUT2D eigenvalue weighted by molar-refractivity contribution is 5.87. The lowest BCUT2D eigenvalue weighted by molar-refractivity contribution is -0.152. The van der Waals surface area contributed by atoms with Crippen molar-refractivity contribution in [3.8, 4) is 0 Å². The largest absolute Gasteiger partial charge is 0.480 e. The van der Waals surface area contributed by atoms with Crippen LogP contribution < -0.4 is 5.32 Å². The molecule has 0 aromatic carbocycles. The smallest absolute Gasteiger partial charge is 0.408 e. The maximum atomic E-state index is 12.1. The average Bonchev–Trinajstić information content (AvgIpc) is 2.33. The van der Waals surface area contributed by atoms with Gasteiger partial charge in [-0.2, -0.15) is 0 Å². The molecule has 1 fully saturated rings. The molecule has 2 atom stereocenters. The molecule has 0 aliphatic carbocycles. The van der Waals surface area contributed by atoms with Crippen LogP contribution in [0, 0.1) is 5.92 Å². The summed E-state index contributed by atoms with van der Waals surface area (Å²) < 4.78 is 5.03. The normalized spacial score (nSPS) is 22.6. The molecule has 1 rings (SSSR count). The number of rotatable bonds is 3. The number of amides is 2. The Bertz CT molecular complexity index is 416. The number of hydrogen-bond acceptors (Lipinski definition) is 4. The molecular weight excluding hydrogens is 276 g/mol. The Morgan fingerprint density at radius 2 is 1.95 bits per heavy atom. The minimum atomic E-state index is -1.01. The second kappa shape index (κ2) is 6.78. The zero-order chi connectivity index (χ0) is 16.2. The van der Waals surface area contributed by atoms with Crippen molar-refractivity contribution in [3.05, 3.63) is 0 Å². The molecular formula is C14H24N2O5. The number of ether oxygens (including phenoxy) is 1. The molecule has 0 radical (unpaired) electrons. The van der Waals surface area contributed by atoms with Gasteiger partial charge in [0.1, 0.15) is 18.2 Å². The first-order valence-corrected chi connectivity index (χ1v) is 7.09. The molecule has 1 aliphatic heterocycles. The maximum Gasteiger partial charge on any atom is 0.408 e. The molecule has 0 saturated carbocycles. The van der Waals surface area contributed by atoms with Crippen LogP contribution in [0.3, 0.4) is 0 Å². The van der Waals surface area contributed by atoms with Gasteiger partial charge in [0, 0.05) is 6.54 Å². The van der Waals surface area contributed by atoms with E-state index in [0.29, 0.717) is 13.0 Å². The Labute approximate surface area is 124 Å². The Morgan fingerprint density at radius 1 is 1.33 bits per heavy atom. The van der Waals surface area contributed by atoms with Gasteiger partial charge in [-0.1, -0.05) is 6.92 Å². The lowest BCUT2D eigenvalue weighted by Gasteiger charge is -2.36. The molecule has 0 aromatic heterocycles. The molecule has 7 heteroatoms. The number of carbonyl (C=O) groups excluding carboxylic acids is 2.